The molecule has 1 atom stereocenters. The molecule has 0 aromatic carbocycles. The van der Waals surface area contributed by atoms with Crippen molar-refractivity contribution >= 4 is 11.3 Å². The van der Waals surface area contributed by atoms with E-state index in [9.17, 15) is 0 Å². The van der Waals surface area contributed by atoms with Crippen molar-refractivity contribution in [3.05, 3.63) is 39.3 Å². The third kappa shape index (κ3) is 2.60. The molecule has 1 aliphatic carbocycles. The van der Waals surface area contributed by atoms with Gasteiger partial charge in [-0.25, -0.2) is 0 Å². The summed E-state index contributed by atoms with van der Waals surface area (Å²) in [7, 11) is 1.98. The molecule has 102 valence electrons. The number of aryl methyl sites for hydroxylation is 3. The quantitative estimate of drug-likeness (QED) is 0.929. The maximum atomic E-state index is 4.57. The second-order valence-electron chi connectivity index (χ2n) is 5.21. The Balaban J connectivity index is 1.93. The molecule has 0 aliphatic heterocycles. The van der Waals surface area contributed by atoms with Crippen molar-refractivity contribution in [1.82, 2.24) is 15.1 Å². The molecule has 1 unspecified atom stereocenters. The average molecular weight is 275 g/mol. The van der Waals surface area contributed by atoms with Gasteiger partial charge in [-0.2, -0.15) is 5.10 Å². The first kappa shape index (κ1) is 12.9. The molecular formula is C15H21N3S. The monoisotopic (exact) mass is 275 g/mol. The van der Waals surface area contributed by atoms with Gasteiger partial charge in [-0.1, -0.05) is 6.92 Å². The number of aromatic nitrogens is 2. The van der Waals surface area contributed by atoms with Gasteiger partial charge >= 0.3 is 0 Å². The molecular weight excluding hydrogens is 254 g/mol. The molecule has 0 radical (unpaired) electrons. The Morgan fingerprint density at radius 2 is 2.26 bits per heavy atom. The van der Waals surface area contributed by atoms with E-state index < -0.39 is 0 Å². The highest BCUT2D eigenvalue weighted by Gasteiger charge is 2.21. The van der Waals surface area contributed by atoms with Crippen LogP contribution in [0.3, 0.4) is 0 Å². The molecule has 3 rings (SSSR count). The van der Waals surface area contributed by atoms with Crippen LogP contribution in [0.25, 0.3) is 0 Å². The highest BCUT2D eigenvalue weighted by atomic mass is 32.1. The highest BCUT2D eigenvalue weighted by Crippen LogP contribution is 2.34. The molecule has 2 aromatic rings. The third-order valence-electron chi connectivity index (χ3n) is 3.74. The Morgan fingerprint density at radius 1 is 1.42 bits per heavy atom. The number of thiophene rings is 1. The van der Waals surface area contributed by atoms with Crippen LogP contribution in [-0.2, 0) is 19.9 Å². The molecule has 19 heavy (non-hydrogen) atoms. The van der Waals surface area contributed by atoms with Crippen LogP contribution in [0.2, 0.25) is 0 Å². The molecule has 2 heterocycles. The van der Waals surface area contributed by atoms with Crippen LogP contribution in [0.1, 0.15) is 46.8 Å². The van der Waals surface area contributed by atoms with E-state index in [4.69, 9.17) is 0 Å². The van der Waals surface area contributed by atoms with Crippen molar-refractivity contribution in [2.45, 2.75) is 38.6 Å². The van der Waals surface area contributed by atoms with Gasteiger partial charge in [0.15, 0.2) is 0 Å². The molecule has 0 fully saturated rings. The molecule has 0 saturated heterocycles. The van der Waals surface area contributed by atoms with Crippen LogP contribution in [-0.4, -0.2) is 16.3 Å². The van der Waals surface area contributed by atoms with Crippen molar-refractivity contribution < 1.29 is 0 Å². The van der Waals surface area contributed by atoms with E-state index in [1.54, 1.807) is 10.4 Å². The first-order chi connectivity index (χ1) is 9.28. The molecule has 0 spiro atoms. The van der Waals surface area contributed by atoms with E-state index in [0.717, 1.165) is 12.2 Å². The minimum Gasteiger partial charge on any atom is -0.305 e. The number of hydrogen-bond acceptors (Lipinski definition) is 3. The first-order valence-corrected chi connectivity index (χ1v) is 7.94. The van der Waals surface area contributed by atoms with Crippen molar-refractivity contribution in [3.8, 4) is 0 Å². The van der Waals surface area contributed by atoms with Crippen LogP contribution < -0.4 is 5.32 Å². The number of rotatable bonds is 4. The van der Waals surface area contributed by atoms with Gasteiger partial charge in [0.2, 0.25) is 0 Å². The summed E-state index contributed by atoms with van der Waals surface area (Å²) in [6, 6.07) is 4.77. The summed E-state index contributed by atoms with van der Waals surface area (Å²) in [6.45, 7) is 3.12. The van der Waals surface area contributed by atoms with E-state index in [1.807, 2.05) is 29.3 Å². The number of fused-ring (bicyclic) bond motifs is 1. The Bertz CT molecular complexity index is 532. The van der Waals surface area contributed by atoms with Crippen molar-refractivity contribution in [2.75, 3.05) is 6.54 Å². The van der Waals surface area contributed by atoms with Crippen LogP contribution in [0.5, 0.6) is 0 Å². The minimum absolute atomic E-state index is 0.252. The van der Waals surface area contributed by atoms with Crippen LogP contribution >= 0.6 is 11.3 Å². The van der Waals surface area contributed by atoms with Gasteiger partial charge in [-0.15, -0.1) is 11.3 Å². The van der Waals surface area contributed by atoms with Gasteiger partial charge < -0.3 is 5.32 Å². The Hall–Kier alpha value is -1.13. The van der Waals surface area contributed by atoms with E-state index in [2.05, 4.69) is 29.5 Å². The molecule has 0 bridgehead atoms. The smallest absolute Gasteiger partial charge is 0.0863 e. The van der Waals surface area contributed by atoms with Crippen molar-refractivity contribution in [2.24, 2.45) is 7.05 Å². The van der Waals surface area contributed by atoms with Gasteiger partial charge in [-0.3, -0.25) is 4.68 Å². The SMILES string of the molecule is CCNC(c1ccn(C)n1)c1cc2c(s1)CCCC2. The van der Waals surface area contributed by atoms with E-state index in [0.29, 0.717) is 0 Å². The van der Waals surface area contributed by atoms with Gasteiger partial charge in [0.1, 0.15) is 0 Å². The summed E-state index contributed by atoms with van der Waals surface area (Å²) >= 11 is 1.98. The van der Waals surface area contributed by atoms with Crippen LogP contribution in [0.4, 0.5) is 0 Å². The molecule has 2 aromatic heterocycles. The summed E-state index contributed by atoms with van der Waals surface area (Å²) in [5, 5.41) is 8.15. The zero-order valence-electron chi connectivity index (χ0n) is 11.6. The molecule has 4 heteroatoms. The van der Waals surface area contributed by atoms with Gasteiger partial charge in [0.25, 0.3) is 0 Å². The topological polar surface area (TPSA) is 29.9 Å². The maximum absolute atomic E-state index is 4.57. The number of nitrogens with one attached hydrogen (secondary N) is 1. The standard InChI is InChI=1S/C15H21N3S/c1-3-16-15(12-8-9-18(2)17-12)14-10-11-6-4-5-7-13(11)19-14/h8-10,15-16H,3-7H2,1-2H3. The lowest BCUT2D eigenvalue weighted by atomic mass is 9.98. The van der Waals surface area contributed by atoms with Gasteiger partial charge in [0, 0.05) is 23.0 Å². The average Bonchev–Trinajstić information content (AvgIpc) is 3.01. The molecule has 1 aliphatic rings. The third-order valence-corrected chi connectivity index (χ3v) is 5.04. The zero-order valence-corrected chi connectivity index (χ0v) is 12.5. The zero-order chi connectivity index (χ0) is 13.2. The fourth-order valence-electron chi connectivity index (χ4n) is 2.80. The molecule has 3 nitrogen and oxygen atoms in total. The van der Waals surface area contributed by atoms with E-state index >= 15 is 0 Å². The summed E-state index contributed by atoms with van der Waals surface area (Å²) in [6.07, 6.45) is 7.24. The second kappa shape index (κ2) is 5.47. The first-order valence-electron chi connectivity index (χ1n) is 7.12. The highest BCUT2D eigenvalue weighted by molar-refractivity contribution is 7.12. The largest absolute Gasteiger partial charge is 0.305 e. The van der Waals surface area contributed by atoms with Gasteiger partial charge in [0.05, 0.1) is 11.7 Å². The van der Waals surface area contributed by atoms with Crippen molar-refractivity contribution in [3.63, 3.8) is 0 Å². The molecule has 0 saturated carbocycles. The minimum atomic E-state index is 0.252. The fraction of sp³-hybridized carbons (Fsp3) is 0.533. The summed E-state index contributed by atoms with van der Waals surface area (Å²) in [5.74, 6) is 0. The molecule has 1 N–H and O–H groups in total. The maximum Gasteiger partial charge on any atom is 0.0863 e. The van der Waals surface area contributed by atoms with E-state index in [-0.39, 0.29) is 6.04 Å². The Kier molecular flexibility index (Phi) is 3.71. The fourth-order valence-corrected chi connectivity index (χ4v) is 4.14. The lowest BCUT2D eigenvalue weighted by Crippen LogP contribution is -2.21. The molecule has 0 amide bonds. The number of nitrogens with zero attached hydrogens (tertiary/aromatic N) is 2. The second-order valence-corrected chi connectivity index (χ2v) is 6.38. The Morgan fingerprint density at radius 3 is 2.95 bits per heavy atom. The number of hydrogen-bond donors (Lipinski definition) is 1. The Labute approximate surface area is 118 Å². The van der Waals surface area contributed by atoms with Gasteiger partial charge in [-0.05, 0) is 49.9 Å². The predicted molar refractivity (Wildman–Crippen MR) is 79.7 cm³/mol. The summed E-state index contributed by atoms with van der Waals surface area (Å²) in [4.78, 5) is 3.02. The summed E-state index contributed by atoms with van der Waals surface area (Å²) in [5.41, 5.74) is 2.70. The lowest BCUT2D eigenvalue weighted by molar-refractivity contribution is 0.607. The van der Waals surface area contributed by atoms with Crippen LogP contribution in [0.15, 0.2) is 18.3 Å². The predicted octanol–water partition coefficient (Wildman–Crippen LogP) is 3.06. The normalized spacial score (nSPS) is 16.3. The summed E-state index contributed by atoms with van der Waals surface area (Å²) < 4.78 is 1.88. The van der Waals surface area contributed by atoms with Crippen LogP contribution in [0, 0.1) is 0 Å². The van der Waals surface area contributed by atoms with Crippen molar-refractivity contribution in [1.29, 1.82) is 0 Å². The lowest BCUT2D eigenvalue weighted by Gasteiger charge is -2.13. The van der Waals surface area contributed by atoms with E-state index in [1.165, 1.54) is 30.6 Å².